The maximum atomic E-state index is 12.7. The number of hydrogen-bond acceptors (Lipinski definition) is 5. The zero-order valence-corrected chi connectivity index (χ0v) is 16.6. The standard InChI is InChI=1S/C21H22ClN3O4/c1-2-14-5-9-17(10-6-14)25(12-11-22)21(29)19(27)18(26)20(28)24-16-7-3-15(13-23)4-8-16/h3-10,18-19,26-27H,2,11-12H2,1H3,(H,24,28)/t18-,19-/m1/s1. The van der Waals surface area contributed by atoms with E-state index in [2.05, 4.69) is 5.32 Å². The van der Waals surface area contributed by atoms with Gasteiger partial charge >= 0.3 is 0 Å². The van der Waals surface area contributed by atoms with Crippen LogP contribution in [0.15, 0.2) is 48.5 Å². The predicted octanol–water partition coefficient (Wildman–Crippen LogP) is 2.05. The van der Waals surface area contributed by atoms with Crippen molar-refractivity contribution < 1.29 is 19.8 Å². The van der Waals surface area contributed by atoms with Gasteiger partial charge in [-0.25, -0.2) is 0 Å². The van der Waals surface area contributed by atoms with Crippen LogP contribution in [-0.4, -0.2) is 46.7 Å². The Morgan fingerprint density at radius 2 is 1.72 bits per heavy atom. The van der Waals surface area contributed by atoms with E-state index in [4.69, 9.17) is 16.9 Å². The second-order valence-electron chi connectivity index (χ2n) is 6.27. The van der Waals surface area contributed by atoms with Crippen molar-refractivity contribution in [3.8, 4) is 6.07 Å². The Morgan fingerprint density at radius 3 is 2.24 bits per heavy atom. The van der Waals surface area contributed by atoms with E-state index in [1.54, 1.807) is 12.1 Å². The summed E-state index contributed by atoms with van der Waals surface area (Å²) in [6, 6.07) is 15.0. The fourth-order valence-corrected chi connectivity index (χ4v) is 2.81. The van der Waals surface area contributed by atoms with Gasteiger partial charge in [-0.15, -0.1) is 11.6 Å². The number of rotatable bonds is 8. The van der Waals surface area contributed by atoms with Crippen LogP contribution in [0.3, 0.4) is 0 Å². The molecule has 0 saturated heterocycles. The molecule has 8 heteroatoms. The van der Waals surface area contributed by atoms with Crippen molar-refractivity contribution in [2.45, 2.75) is 25.6 Å². The van der Waals surface area contributed by atoms with E-state index in [9.17, 15) is 19.8 Å². The molecule has 0 fully saturated rings. The van der Waals surface area contributed by atoms with E-state index >= 15 is 0 Å². The largest absolute Gasteiger partial charge is 0.380 e. The minimum Gasteiger partial charge on any atom is -0.380 e. The van der Waals surface area contributed by atoms with Crippen LogP contribution in [0.5, 0.6) is 0 Å². The Bertz CT molecular complexity index is 878. The summed E-state index contributed by atoms with van der Waals surface area (Å²) in [6.45, 7) is 2.11. The van der Waals surface area contributed by atoms with Gasteiger partial charge in [-0.3, -0.25) is 9.59 Å². The third-order valence-electron chi connectivity index (χ3n) is 4.33. The average molecular weight is 416 g/mol. The Kier molecular flexibility index (Phi) is 8.16. The molecule has 0 aliphatic carbocycles. The molecular formula is C21H22ClN3O4. The van der Waals surface area contributed by atoms with E-state index in [0.29, 0.717) is 16.9 Å². The Hall–Kier alpha value is -2.92. The Labute approximate surface area is 174 Å². The lowest BCUT2D eigenvalue weighted by Gasteiger charge is -2.26. The number of aryl methyl sites for hydroxylation is 1. The van der Waals surface area contributed by atoms with E-state index in [1.165, 1.54) is 29.2 Å². The number of alkyl halides is 1. The van der Waals surface area contributed by atoms with Gasteiger partial charge < -0.3 is 20.4 Å². The molecule has 7 nitrogen and oxygen atoms in total. The molecule has 0 bridgehead atoms. The molecule has 152 valence electrons. The normalized spacial score (nSPS) is 12.5. The number of nitriles is 1. The van der Waals surface area contributed by atoms with Crippen molar-refractivity contribution in [2.75, 3.05) is 22.6 Å². The zero-order chi connectivity index (χ0) is 21.4. The topological polar surface area (TPSA) is 114 Å². The number of carbonyl (C=O) groups excluding carboxylic acids is 2. The van der Waals surface area contributed by atoms with Crippen molar-refractivity contribution >= 4 is 34.8 Å². The number of aliphatic hydroxyl groups excluding tert-OH is 2. The maximum absolute atomic E-state index is 12.7. The van der Waals surface area contributed by atoms with Gasteiger partial charge in [-0.05, 0) is 48.4 Å². The molecule has 0 aliphatic rings. The third-order valence-corrected chi connectivity index (χ3v) is 4.50. The Balaban J connectivity index is 2.11. The van der Waals surface area contributed by atoms with Gasteiger partial charge in [-0.2, -0.15) is 5.26 Å². The van der Waals surface area contributed by atoms with Crippen LogP contribution in [0, 0.1) is 11.3 Å². The van der Waals surface area contributed by atoms with Crippen molar-refractivity contribution in [3.05, 3.63) is 59.7 Å². The summed E-state index contributed by atoms with van der Waals surface area (Å²) in [5.74, 6) is -1.67. The summed E-state index contributed by atoms with van der Waals surface area (Å²) in [5, 5.41) is 31.6. The summed E-state index contributed by atoms with van der Waals surface area (Å²) in [4.78, 5) is 26.2. The van der Waals surface area contributed by atoms with Crippen LogP contribution in [0.25, 0.3) is 0 Å². The predicted molar refractivity (Wildman–Crippen MR) is 111 cm³/mol. The lowest BCUT2D eigenvalue weighted by molar-refractivity contribution is -0.141. The fraction of sp³-hybridized carbons (Fsp3) is 0.286. The number of hydrogen-bond donors (Lipinski definition) is 3. The number of anilines is 2. The third kappa shape index (κ3) is 5.78. The second kappa shape index (κ2) is 10.6. The van der Waals surface area contributed by atoms with Crippen LogP contribution < -0.4 is 10.2 Å². The smallest absolute Gasteiger partial charge is 0.259 e. The zero-order valence-electron chi connectivity index (χ0n) is 15.9. The first kappa shape index (κ1) is 22.4. The van der Waals surface area contributed by atoms with Crippen LogP contribution >= 0.6 is 11.6 Å². The van der Waals surface area contributed by atoms with Gasteiger partial charge in [0.15, 0.2) is 12.2 Å². The molecule has 2 aromatic rings. The number of amides is 2. The second-order valence-corrected chi connectivity index (χ2v) is 6.64. The fourth-order valence-electron chi connectivity index (χ4n) is 2.65. The molecule has 2 rings (SSSR count). The molecule has 0 spiro atoms. The highest BCUT2D eigenvalue weighted by Crippen LogP contribution is 2.18. The van der Waals surface area contributed by atoms with Crippen molar-refractivity contribution in [2.24, 2.45) is 0 Å². The first-order valence-electron chi connectivity index (χ1n) is 9.04. The summed E-state index contributed by atoms with van der Waals surface area (Å²) in [7, 11) is 0. The molecule has 2 amide bonds. The van der Waals surface area contributed by atoms with Gasteiger partial charge in [-0.1, -0.05) is 19.1 Å². The number of carbonyl (C=O) groups is 2. The van der Waals surface area contributed by atoms with Crippen LogP contribution in [-0.2, 0) is 16.0 Å². The van der Waals surface area contributed by atoms with Crippen LogP contribution in [0.4, 0.5) is 11.4 Å². The van der Waals surface area contributed by atoms with E-state index in [0.717, 1.165) is 12.0 Å². The molecule has 3 N–H and O–H groups in total. The van der Waals surface area contributed by atoms with E-state index in [1.807, 2.05) is 25.1 Å². The van der Waals surface area contributed by atoms with Crippen molar-refractivity contribution in [1.82, 2.24) is 0 Å². The summed E-state index contributed by atoms with van der Waals surface area (Å²) in [5.41, 5.74) is 2.31. The average Bonchev–Trinajstić information content (AvgIpc) is 2.76. The van der Waals surface area contributed by atoms with Gasteiger partial charge in [0.25, 0.3) is 11.8 Å². The summed E-state index contributed by atoms with van der Waals surface area (Å²) in [6.07, 6.45) is -3.12. The molecule has 0 saturated carbocycles. The van der Waals surface area contributed by atoms with Gasteiger partial charge in [0, 0.05) is 23.8 Å². The maximum Gasteiger partial charge on any atom is 0.259 e. The Morgan fingerprint density at radius 1 is 1.10 bits per heavy atom. The first-order chi connectivity index (χ1) is 13.9. The molecule has 0 aromatic heterocycles. The first-order valence-corrected chi connectivity index (χ1v) is 9.58. The molecule has 29 heavy (non-hydrogen) atoms. The molecule has 0 unspecified atom stereocenters. The van der Waals surface area contributed by atoms with Gasteiger partial charge in [0.1, 0.15) is 0 Å². The molecule has 0 heterocycles. The molecular weight excluding hydrogens is 394 g/mol. The quantitative estimate of drug-likeness (QED) is 0.571. The molecule has 0 radical (unpaired) electrons. The summed E-state index contributed by atoms with van der Waals surface area (Å²) < 4.78 is 0. The number of nitrogens with one attached hydrogen (secondary N) is 1. The highest BCUT2D eigenvalue weighted by Gasteiger charge is 2.34. The van der Waals surface area contributed by atoms with E-state index in [-0.39, 0.29) is 12.4 Å². The summed E-state index contributed by atoms with van der Waals surface area (Å²) >= 11 is 5.79. The molecule has 2 atom stereocenters. The number of aliphatic hydroxyl groups is 2. The van der Waals surface area contributed by atoms with Gasteiger partial charge in [0.2, 0.25) is 0 Å². The van der Waals surface area contributed by atoms with Gasteiger partial charge in [0.05, 0.1) is 11.6 Å². The molecule has 2 aromatic carbocycles. The highest BCUT2D eigenvalue weighted by atomic mass is 35.5. The monoisotopic (exact) mass is 415 g/mol. The minimum atomic E-state index is -1.98. The lowest BCUT2D eigenvalue weighted by atomic mass is 10.1. The number of benzene rings is 2. The number of nitrogens with zero attached hydrogens (tertiary/aromatic N) is 2. The number of halogens is 1. The lowest BCUT2D eigenvalue weighted by Crippen LogP contribution is -2.50. The van der Waals surface area contributed by atoms with Crippen molar-refractivity contribution in [1.29, 1.82) is 5.26 Å². The van der Waals surface area contributed by atoms with Crippen LogP contribution in [0.2, 0.25) is 0 Å². The van der Waals surface area contributed by atoms with Crippen molar-refractivity contribution in [3.63, 3.8) is 0 Å². The molecule has 0 aliphatic heterocycles. The SMILES string of the molecule is CCc1ccc(N(CCCl)C(=O)[C@H](O)[C@@H](O)C(=O)Nc2ccc(C#N)cc2)cc1. The van der Waals surface area contributed by atoms with E-state index < -0.39 is 24.0 Å². The van der Waals surface area contributed by atoms with Crippen LogP contribution in [0.1, 0.15) is 18.1 Å². The highest BCUT2D eigenvalue weighted by molar-refractivity contribution is 6.18. The minimum absolute atomic E-state index is 0.104.